The zero-order valence-electron chi connectivity index (χ0n) is 13.6. The highest BCUT2D eigenvalue weighted by molar-refractivity contribution is 7.90. The molecule has 0 aromatic heterocycles. The zero-order chi connectivity index (χ0) is 16.9. The average Bonchev–Trinajstić information content (AvgIpc) is 2.72. The molecule has 126 valence electrons. The van der Waals surface area contributed by atoms with Crippen molar-refractivity contribution in [1.82, 2.24) is 4.90 Å². The average molecular weight is 337 g/mol. The number of carbonyl (C=O) groups excluding carboxylic acids is 1. The van der Waals surface area contributed by atoms with Gasteiger partial charge in [0.2, 0.25) is 5.91 Å². The third-order valence-electron chi connectivity index (χ3n) is 3.82. The maximum absolute atomic E-state index is 12.4. The number of nitrogens with zero attached hydrogens (tertiary/aromatic N) is 2. The molecule has 1 amide bonds. The third-order valence-corrected chi connectivity index (χ3v) is 5.14. The molecule has 1 N–H and O–H groups in total. The lowest BCUT2D eigenvalue weighted by atomic mass is 10.2. The fraction of sp³-hybridized carbons (Fsp3) is 0.500. The molecule has 0 aliphatic carbocycles. The molecule has 2 rings (SSSR count). The van der Waals surface area contributed by atoms with Gasteiger partial charge in [0, 0.05) is 32.1 Å². The molecule has 6 nitrogen and oxygen atoms in total. The van der Waals surface area contributed by atoms with Crippen molar-refractivity contribution in [1.29, 1.82) is 0 Å². The lowest BCUT2D eigenvalue weighted by Crippen LogP contribution is -2.26. The Bertz CT molecular complexity index is 681. The van der Waals surface area contributed by atoms with E-state index in [2.05, 4.69) is 9.71 Å². The van der Waals surface area contributed by atoms with E-state index in [1.165, 1.54) is 12.1 Å². The Hall–Kier alpha value is -1.89. The van der Waals surface area contributed by atoms with Gasteiger partial charge in [-0.2, -0.15) is 8.42 Å². The number of amides is 1. The van der Waals surface area contributed by atoms with E-state index in [9.17, 15) is 13.2 Å². The number of benzene rings is 1. The Labute approximate surface area is 137 Å². The first kappa shape index (κ1) is 17.5. The second kappa shape index (κ2) is 7.59. The van der Waals surface area contributed by atoms with Crippen LogP contribution in [0, 0.1) is 0 Å². The highest BCUT2D eigenvalue weighted by Crippen LogP contribution is 2.19. The van der Waals surface area contributed by atoms with Gasteiger partial charge in [0.1, 0.15) is 5.84 Å². The lowest BCUT2D eigenvalue weighted by Gasteiger charge is -2.17. The van der Waals surface area contributed by atoms with Crippen LogP contribution in [-0.2, 0) is 14.8 Å². The number of amidine groups is 1. The van der Waals surface area contributed by atoms with Crippen molar-refractivity contribution in [3.05, 3.63) is 24.3 Å². The first-order valence-corrected chi connectivity index (χ1v) is 9.31. The summed E-state index contributed by atoms with van der Waals surface area (Å²) in [7, 11) is -1.85. The van der Waals surface area contributed by atoms with E-state index < -0.39 is 10.0 Å². The van der Waals surface area contributed by atoms with Crippen molar-refractivity contribution in [3.8, 4) is 0 Å². The SMILES string of the molecule is CCC(=O)Nc1ccc(S(=O)(=O)N=C2CCCCCN2C)cc1. The second-order valence-corrected chi connectivity index (χ2v) is 7.25. The first-order valence-electron chi connectivity index (χ1n) is 7.87. The summed E-state index contributed by atoms with van der Waals surface area (Å²) in [6, 6.07) is 6.11. The second-order valence-electron chi connectivity index (χ2n) is 5.64. The van der Waals surface area contributed by atoms with Gasteiger partial charge < -0.3 is 10.2 Å². The summed E-state index contributed by atoms with van der Waals surface area (Å²) in [6.45, 7) is 2.59. The van der Waals surface area contributed by atoms with Crippen LogP contribution in [0.2, 0.25) is 0 Å². The third kappa shape index (κ3) is 4.79. The van der Waals surface area contributed by atoms with Crippen molar-refractivity contribution in [3.63, 3.8) is 0 Å². The standard InChI is InChI=1S/C16H23N3O3S/c1-3-16(20)17-13-8-10-14(11-9-13)23(21,22)18-15-7-5-4-6-12-19(15)2/h8-11H,3-7,12H2,1-2H3,(H,17,20). The highest BCUT2D eigenvalue weighted by atomic mass is 32.2. The molecular weight excluding hydrogens is 314 g/mol. The lowest BCUT2D eigenvalue weighted by molar-refractivity contribution is -0.115. The molecule has 1 heterocycles. The van der Waals surface area contributed by atoms with E-state index >= 15 is 0 Å². The maximum Gasteiger partial charge on any atom is 0.283 e. The molecule has 23 heavy (non-hydrogen) atoms. The zero-order valence-corrected chi connectivity index (χ0v) is 14.4. The molecule has 1 aliphatic rings. The van der Waals surface area contributed by atoms with E-state index in [0.29, 0.717) is 24.4 Å². The van der Waals surface area contributed by atoms with Gasteiger partial charge in [-0.1, -0.05) is 13.3 Å². The molecule has 1 saturated heterocycles. The predicted octanol–water partition coefficient (Wildman–Crippen LogP) is 2.63. The van der Waals surface area contributed by atoms with Crippen LogP contribution in [-0.4, -0.2) is 38.7 Å². The number of carbonyl (C=O) groups is 1. The molecule has 1 aromatic carbocycles. The Morgan fingerprint density at radius 2 is 1.91 bits per heavy atom. The molecule has 0 saturated carbocycles. The molecule has 0 unspecified atom stereocenters. The Kier molecular flexibility index (Phi) is 5.76. The summed E-state index contributed by atoms with van der Waals surface area (Å²) in [5.41, 5.74) is 0.579. The minimum atomic E-state index is -3.73. The first-order chi connectivity index (χ1) is 10.9. The molecular formula is C16H23N3O3S. The number of likely N-dealkylation sites (tertiary alicyclic amines) is 1. The summed E-state index contributed by atoms with van der Waals surface area (Å²) >= 11 is 0. The van der Waals surface area contributed by atoms with Gasteiger partial charge in [0.25, 0.3) is 10.0 Å². The summed E-state index contributed by atoms with van der Waals surface area (Å²) in [5.74, 6) is 0.506. The van der Waals surface area contributed by atoms with Crippen molar-refractivity contribution < 1.29 is 13.2 Å². The number of nitrogens with one attached hydrogen (secondary N) is 1. The summed E-state index contributed by atoms with van der Waals surface area (Å²) in [5, 5.41) is 2.69. The van der Waals surface area contributed by atoms with Crippen LogP contribution in [0.3, 0.4) is 0 Å². The van der Waals surface area contributed by atoms with Gasteiger partial charge in [0.15, 0.2) is 0 Å². The van der Waals surface area contributed by atoms with Crippen LogP contribution in [0.5, 0.6) is 0 Å². The maximum atomic E-state index is 12.4. The van der Waals surface area contributed by atoms with Gasteiger partial charge in [-0.05, 0) is 37.1 Å². The Balaban J connectivity index is 2.20. The van der Waals surface area contributed by atoms with E-state index in [-0.39, 0.29) is 10.8 Å². The van der Waals surface area contributed by atoms with E-state index in [4.69, 9.17) is 0 Å². The van der Waals surface area contributed by atoms with E-state index in [1.807, 2.05) is 11.9 Å². The fourth-order valence-electron chi connectivity index (χ4n) is 2.40. The topological polar surface area (TPSA) is 78.8 Å². The van der Waals surface area contributed by atoms with Crippen LogP contribution in [0.1, 0.15) is 39.0 Å². The Morgan fingerprint density at radius 3 is 2.57 bits per heavy atom. The Morgan fingerprint density at radius 1 is 1.22 bits per heavy atom. The number of rotatable bonds is 4. The van der Waals surface area contributed by atoms with Gasteiger partial charge >= 0.3 is 0 Å². The van der Waals surface area contributed by atoms with Crippen molar-refractivity contribution >= 4 is 27.5 Å². The van der Waals surface area contributed by atoms with Crippen LogP contribution in [0.4, 0.5) is 5.69 Å². The smallest absolute Gasteiger partial charge is 0.283 e. The van der Waals surface area contributed by atoms with Crippen molar-refractivity contribution in [2.45, 2.75) is 43.9 Å². The molecule has 1 fully saturated rings. The normalized spacial score (nSPS) is 17.8. The summed E-state index contributed by atoms with van der Waals surface area (Å²) < 4.78 is 28.9. The van der Waals surface area contributed by atoms with Crippen LogP contribution in [0.25, 0.3) is 0 Å². The molecule has 0 atom stereocenters. The molecule has 1 aliphatic heterocycles. The number of hydrogen-bond acceptors (Lipinski definition) is 3. The molecule has 0 spiro atoms. The largest absolute Gasteiger partial charge is 0.362 e. The molecule has 0 bridgehead atoms. The minimum absolute atomic E-state index is 0.110. The molecule has 0 radical (unpaired) electrons. The van der Waals surface area contributed by atoms with Crippen LogP contribution in [0.15, 0.2) is 33.6 Å². The number of hydrogen-bond donors (Lipinski definition) is 1. The van der Waals surface area contributed by atoms with Crippen LogP contribution >= 0.6 is 0 Å². The van der Waals surface area contributed by atoms with Crippen molar-refractivity contribution in [2.24, 2.45) is 4.40 Å². The van der Waals surface area contributed by atoms with E-state index in [1.54, 1.807) is 19.1 Å². The van der Waals surface area contributed by atoms with Crippen LogP contribution < -0.4 is 5.32 Å². The highest BCUT2D eigenvalue weighted by Gasteiger charge is 2.18. The minimum Gasteiger partial charge on any atom is -0.362 e. The van der Waals surface area contributed by atoms with E-state index in [0.717, 1.165) is 25.8 Å². The number of sulfonamides is 1. The summed E-state index contributed by atoms with van der Waals surface area (Å²) in [4.78, 5) is 13.4. The molecule has 1 aromatic rings. The van der Waals surface area contributed by atoms with Gasteiger partial charge in [-0.25, -0.2) is 0 Å². The number of anilines is 1. The van der Waals surface area contributed by atoms with Crippen molar-refractivity contribution in [2.75, 3.05) is 18.9 Å². The van der Waals surface area contributed by atoms with Gasteiger partial charge in [-0.3, -0.25) is 4.79 Å². The fourth-order valence-corrected chi connectivity index (χ4v) is 3.49. The predicted molar refractivity (Wildman–Crippen MR) is 91.1 cm³/mol. The molecule has 7 heteroatoms. The van der Waals surface area contributed by atoms with Gasteiger partial charge in [-0.15, -0.1) is 4.40 Å². The van der Waals surface area contributed by atoms with Gasteiger partial charge in [0.05, 0.1) is 4.90 Å². The summed E-state index contributed by atoms with van der Waals surface area (Å²) in [6.07, 6.45) is 4.16. The quantitative estimate of drug-likeness (QED) is 0.916. The monoisotopic (exact) mass is 337 g/mol.